The molecule has 0 radical (unpaired) electrons. The third-order valence-corrected chi connectivity index (χ3v) is 5.45. The minimum absolute atomic E-state index is 0.0263. The van der Waals surface area contributed by atoms with Crippen LogP contribution in [-0.2, 0) is 9.59 Å². The first-order valence-electron chi connectivity index (χ1n) is 8.32. The first-order chi connectivity index (χ1) is 12.5. The number of aromatic nitrogens is 2. The molecule has 1 aliphatic heterocycles. The summed E-state index contributed by atoms with van der Waals surface area (Å²) in [5.41, 5.74) is 7.05. The molecular formula is C18H19ClN4O2S. The molecule has 1 fully saturated rings. The van der Waals surface area contributed by atoms with Crippen molar-refractivity contribution in [1.29, 1.82) is 0 Å². The zero-order valence-corrected chi connectivity index (χ0v) is 15.7. The van der Waals surface area contributed by atoms with Gasteiger partial charge in [0.15, 0.2) is 5.16 Å². The highest BCUT2D eigenvalue weighted by Crippen LogP contribution is 2.23. The molecule has 0 aliphatic carbocycles. The van der Waals surface area contributed by atoms with Crippen LogP contribution in [0.4, 0.5) is 0 Å². The van der Waals surface area contributed by atoms with Crippen molar-refractivity contribution < 1.29 is 9.59 Å². The summed E-state index contributed by atoms with van der Waals surface area (Å²) in [5.74, 6) is -0.103. The van der Waals surface area contributed by atoms with Crippen LogP contribution < -0.4 is 5.73 Å². The van der Waals surface area contributed by atoms with Crippen molar-refractivity contribution in [3.63, 3.8) is 0 Å². The molecule has 2 aromatic rings. The Bertz CT molecular complexity index is 792. The number of nitrogens with zero attached hydrogens (tertiary/aromatic N) is 3. The standard InChI is InChI=1S/C18H19ClN4O2S/c19-14-3-1-12(2-4-14)15-5-8-21-18(22-15)26-11-16(24)23-9-6-13(7-10-23)17(20)25/h1-5,8,13H,6-7,9-11H2,(H2,20,25). The molecule has 0 unspecified atom stereocenters. The van der Waals surface area contributed by atoms with Crippen molar-refractivity contribution >= 4 is 35.2 Å². The van der Waals surface area contributed by atoms with Crippen LogP contribution in [0.3, 0.4) is 0 Å². The maximum atomic E-state index is 12.4. The number of nitrogens with two attached hydrogens (primary N) is 1. The summed E-state index contributed by atoms with van der Waals surface area (Å²) in [6.07, 6.45) is 2.95. The van der Waals surface area contributed by atoms with Crippen molar-refractivity contribution in [2.75, 3.05) is 18.8 Å². The van der Waals surface area contributed by atoms with E-state index in [2.05, 4.69) is 9.97 Å². The number of primary amides is 1. The van der Waals surface area contributed by atoms with Gasteiger partial charge in [0.1, 0.15) is 0 Å². The van der Waals surface area contributed by atoms with Crippen LogP contribution in [-0.4, -0.2) is 45.5 Å². The summed E-state index contributed by atoms with van der Waals surface area (Å²) in [6, 6.07) is 9.24. The van der Waals surface area contributed by atoms with E-state index >= 15 is 0 Å². The lowest BCUT2D eigenvalue weighted by molar-refractivity contribution is -0.132. The Balaban J connectivity index is 1.56. The Morgan fingerprint density at radius 2 is 1.88 bits per heavy atom. The summed E-state index contributed by atoms with van der Waals surface area (Å²) < 4.78 is 0. The lowest BCUT2D eigenvalue weighted by Crippen LogP contribution is -2.42. The second-order valence-corrected chi connectivity index (χ2v) is 7.46. The lowest BCUT2D eigenvalue weighted by atomic mass is 9.96. The molecule has 0 atom stereocenters. The Morgan fingerprint density at radius 3 is 2.54 bits per heavy atom. The van der Waals surface area contributed by atoms with Crippen LogP contribution in [0.2, 0.25) is 5.02 Å². The maximum Gasteiger partial charge on any atom is 0.233 e. The van der Waals surface area contributed by atoms with Gasteiger partial charge in [-0.3, -0.25) is 9.59 Å². The smallest absolute Gasteiger partial charge is 0.233 e. The molecule has 1 aliphatic rings. The van der Waals surface area contributed by atoms with E-state index in [1.807, 2.05) is 30.3 Å². The van der Waals surface area contributed by atoms with Crippen molar-refractivity contribution in [3.05, 3.63) is 41.6 Å². The van der Waals surface area contributed by atoms with Gasteiger partial charge >= 0.3 is 0 Å². The van der Waals surface area contributed by atoms with E-state index in [4.69, 9.17) is 17.3 Å². The van der Waals surface area contributed by atoms with Gasteiger partial charge in [0.25, 0.3) is 0 Å². The fourth-order valence-corrected chi connectivity index (χ4v) is 3.68. The predicted octanol–water partition coefficient (Wildman–Crippen LogP) is 2.61. The molecule has 6 nitrogen and oxygen atoms in total. The Labute approximate surface area is 161 Å². The fraction of sp³-hybridized carbons (Fsp3) is 0.333. The minimum Gasteiger partial charge on any atom is -0.369 e. The molecule has 0 spiro atoms. The van der Waals surface area contributed by atoms with E-state index in [-0.39, 0.29) is 23.5 Å². The van der Waals surface area contributed by atoms with E-state index in [0.29, 0.717) is 36.1 Å². The third kappa shape index (κ3) is 4.74. The van der Waals surface area contributed by atoms with Crippen LogP contribution in [0.5, 0.6) is 0 Å². The van der Waals surface area contributed by atoms with Crippen molar-refractivity contribution in [2.24, 2.45) is 11.7 Å². The average Bonchev–Trinajstić information content (AvgIpc) is 2.67. The number of benzene rings is 1. The van der Waals surface area contributed by atoms with E-state index < -0.39 is 0 Å². The van der Waals surface area contributed by atoms with Crippen molar-refractivity contribution in [3.8, 4) is 11.3 Å². The lowest BCUT2D eigenvalue weighted by Gasteiger charge is -2.30. The van der Waals surface area contributed by atoms with E-state index in [1.54, 1.807) is 11.1 Å². The van der Waals surface area contributed by atoms with E-state index in [1.165, 1.54) is 11.8 Å². The van der Waals surface area contributed by atoms with E-state index in [9.17, 15) is 9.59 Å². The summed E-state index contributed by atoms with van der Waals surface area (Å²) >= 11 is 7.22. The zero-order valence-electron chi connectivity index (χ0n) is 14.1. The molecule has 3 rings (SSSR count). The molecule has 1 aromatic heterocycles. The Kier molecular flexibility index (Phi) is 6.11. The number of hydrogen-bond acceptors (Lipinski definition) is 5. The number of halogens is 1. The monoisotopic (exact) mass is 390 g/mol. The number of thioether (sulfide) groups is 1. The minimum atomic E-state index is -0.279. The summed E-state index contributed by atoms with van der Waals surface area (Å²) in [4.78, 5) is 34.1. The van der Waals surface area contributed by atoms with Gasteiger partial charge < -0.3 is 10.6 Å². The number of rotatable bonds is 5. The van der Waals surface area contributed by atoms with Gasteiger partial charge in [-0.05, 0) is 31.0 Å². The van der Waals surface area contributed by atoms with Gasteiger partial charge in [-0.1, -0.05) is 35.5 Å². The number of hydrogen-bond donors (Lipinski definition) is 1. The molecule has 2 heterocycles. The van der Waals surface area contributed by atoms with Gasteiger partial charge in [0.2, 0.25) is 11.8 Å². The van der Waals surface area contributed by atoms with Gasteiger partial charge in [-0.15, -0.1) is 0 Å². The highest BCUT2D eigenvalue weighted by molar-refractivity contribution is 7.99. The molecule has 0 saturated carbocycles. The number of amides is 2. The predicted molar refractivity (Wildman–Crippen MR) is 102 cm³/mol. The number of carbonyl (C=O) groups excluding carboxylic acids is 2. The second-order valence-electron chi connectivity index (χ2n) is 6.08. The van der Waals surface area contributed by atoms with Gasteiger partial charge in [-0.25, -0.2) is 9.97 Å². The molecular weight excluding hydrogens is 372 g/mol. The van der Waals surface area contributed by atoms with Crippen LogP contribution in [0, 0.1) is 5.92 Å². The fourth-order valence-electron chi connectivity index (χ4n) is 2.82. The molecule has 1 saturated heterocycles. The molecule has 26 heavy (non-hydrogen) atoms. The largest absolute Gasteiger partial charge is 0.369 e. The number of carbonyl (C=O) groups is 2. The highest BCUT2D eigenvalue weighted by Gasteiger charge is 2.25. The quantitative estimate of drug-likeness (QED) is 0.626. The third-order valence-electron chi connectivity index (χ3n) is 4.35. The molecule has 1 aromatic carbocycles. The van der Waals surface area contributed by atoms with Crippen LogP contribution in [0.1, 0.15) is 12.8 Å². The molecule has 2 N–H and O–H groups in total. The van der Waals surface area contributed by atoms with Gasteiger partial charge in [-0.2, -0.15) is 0 Å². The van der Waals surface area contributed by atoms with Crippen LogP contribution in [0.25, 0.3) is 11.3 Å². The summed E-state index contributed by atoms with van der Waals surface area (Å²) in [5, 5.41) is 1.22. The summed E-state index contributed by atoms with van der Waals surface area (Å²) in [7, 11) is 0. The topological polar surface area (TPSA) is 89.2 Å². The van der Waals surface area contributed by atoms with Crippen molar-refractivity contribution in [2.45, 2.75) is 18.0 Å². The maximum absolute atomic E-state index is 12.4. The highest BCUT2D eigenvalue weighted by atomic mass is 35.5. The van der Waals surface area contributed by atoms with Gasteiger partial charge in [0, 0.05) is 35.8 Å². The summed E-state index contributed by atoms with van der Waals surface area (Å²) in [6.45, 7) is 1.14. The van der Waals surface area contributed by atoms with Gasteiger partial charge in [0.05, 0.1) is 11.4 Å². The first kappa shape index (κ1) is 18.7. The van der Waals surface area contributed by atoms with E-state index in [0.717, 1.165) is 11.3 Å². The molecule has 136 valence electrons. The van der Waals surface area contributed by atoms with Crippen LogP contribution >= 0.6 is 23.4 Å². The molecule has 0 bridgehead atoms. The molecule has 2 amide bonds. The number of likely N-dealkylation sites (tertiary alicyclic amines) is 1. The van der Waals surface area contributed by atoms with Crippen LogP contribution in [0.15, 0.2) is 41.7 Å². The number of piperidine rings is 1. The Morgan fingerprint density at radius 1 is 1.19 bits per heavy atom. The average molecular weight is 391 g/mol. The van der Waals surface area contributed by atoms with Crippen molar-refractivity contribution in [1.82, 2.24) is 14.9 Å². The normalized spacial score (nSPS) is 15.0. The Hall–Kier alpha value is -2.12. The zero-order chi connectivity index (χ0) is 18.5. The first-order valence-corrected chi connectivity index (χ1v) is 9.68. The SMILES string of the molecule is NC(=O)C1CCN(C(=O)CSc2nccc(-c3ccc(Cl)cc3)n2)CC1. The second kappa shape index (κ2) is 8.51. The molecule has 8 heteroatoms.